The maximum atomic E-state index is 11.6. The average molecular weight is 469 g/mol. The van der Waals surface area contributed by atoms with E-state index in [0.717, 1.165) is 67.8 Å². The molecule has 0 amide bonds. The number of phenolic OH excluding ortho intramolecular Hbond substituents is 2. The van der Waals surface area contributed by atoms with E-state index in [1.807, 2.05) is 24.3 Å². The maximum Gasteiger partial charge on any atom is 0.161 e. The van der Waals surface area contributed by atoms with Crippen molar-refractivity contribution >= 4 is 5.78 Å². The van der Waals surface area contributed by atoms with Gasteiger partial charge in [-0.3, -0.25) is 4.79 Å². The van der Waals surface area contributed by atoms with E-state index < -0.39 is 0 Å². The number of nitrogens with zero attached hydrogens (tertiary/aromatic N) is 1. The first-order valence-corrected chi connectivity index (χ1v) is 12.2. The minimum absolute atomic E-state index is 0.0000446. The van der Waals surface area contributed by atoms with Crippen molar-refractivity contribution in [3.8, 4) is 17.2 Å². The molecule has 0 spiro atoms. The second kappa shape index (κ2) is 10.8. The third-order valence-electron chi connectivity index (χ3n) is 7.38. The number of phenols is 2. The molecular weight excluding hydrogens is 432 g/mol. The zero-order chi connectivity index (χ0) is 24.2. The van der Waals surface area contributed by atoms with Crippen molar-refractivity contribution in [1.29, 1.82) is 0 Å². The number of fused-ring (bicyclic) bond motifs is 1. The van der Waals surface area contributed by atoms with Gasteiger partial charge in [0, 0.05) is 24.1 Å². The highest BCUT2D eigenvalue weighted by atomic mass is 16.5. The van der Waals surface area contributed by atoms with Gasteiger partial charge in [0.1, 0.15) is 5.75 Å². The number of methoxy groups -OCH3 is 1. The molecule has 7 nitrogen and oxygen atoms in total. The number of carbonyl (C=O) groups is 1. The van der Waals surface area contributed by atoms with Gasteiger partial charge >= 0.3 is 0 Å². The summed E-state index contributed by atoms with van der Waals surface area (Å²) in [4.78, 5) is 14.1. The third-order valence-corrected chi connectivity index (χ3v) is 7.38. The highest BCUT2D eigenvalue weighted by molar-refractivity contribution is 5.94. The number of likely N-dealkylation sites (tertiary alicyclic amines) is 1. The molecule has 7 heteroatoms. The van der Waals surface area contributed by atoms with Gasteiger partial charge in [0.25, 0.3) is 0 Å². The number of Topliss-reactive ketones (excluding diaryl/α,β-unsaturated/α-hetero) is 1. The number of carbonyl (C=O) groups excluding carboxylic acids is 1. The molecule has 4 rings (SSSR count). The number of piperidine rings is 1. The number of aromatic hydroxyl groups is 2. The Hall–Kier alpha value is -2.61. The van der Waals surface area contributed by atoms with Crippen molar-refractivity contribution in [2.45, 2.75) is 51.2 Å². The van der Waals surface area contributed by atoms with Gasteiger partial charge in [-0.05, 0) is 81.4 Å². The van der Waals surface area contributed by atoms with Crippen LogP contribution in [0.2, 0.25) is 0 Å². The summed E-state index contributed by atoms with van der Waals surface area (Å²) < 4.78 is 11.8. The van der Waals surface area contributed by atoms with E-state index in [4.69, 9.17) is 15.2 Å². The fourth-order valence-electron chi connectivity index (χ4n) is 5.36. The molecule has 0 bridgehead atoms. The van der Waals surface area contributed by atoms with Crippen molar-refractivity contribution in [2.24, 2.45) is 11.7 Å². The van der Waals surface area contributed by atoms with Gasteiger partial charge in [-0.2, -0.15) is 0 Å². The second-order valence-electron chi connectivity index (χ2n) is 9.47. The number of hydrogen-bond donors (Lipinski definition) is 3. The Morgan fingerprint density at radius 2 is 1.97 bits per heavy atom. The van der Waals surface area contributed by atoms with E-state index >= 15 is 0 Å². The van der Waals surface area contributed by atoms with Crippen LogP contribution in [-0.4, -0.2) is 60.3 Å². The summed E-state index contributed by atoms with van der Waals surface area (Å²) in [6.07, 6.45) is 4.36. The lowest BCUT2D eigenvalue weighted by Gasteiger charge is -2.40. The van der Waals surface area contributed by atoms with Gasteiger partial charge in [-0.15, -0.1) is 0 Å². The molecule has 34 heavy (non-hydrogen) atoms. The Kier molecular flexibility index (Phi) is 7.76. The average Bonchev–Trinajstić information content (AvgIpc) is 2.86. The Balaban J connectivity index is 1.29. The van der Waals surface area contributed by atoms with E-state index in [1.165, 1.54) is 6.07 Å². The first-order valence-electron chi connectivity index (χ1n) is 12.2. The topological polar surface area (TPSA) is 105 Å². The lowest BCUT2D eigenvalue weighted by Crippen LogP contribution is -2.42. The molecule has 2 aliphatic rings. The van der Waals surface area contributed by atoms with E-state index in [0.29, 0.717) is 24.4 Å². The molecule has 2 unspecified atom stereocenters. The summed E-state index contributed by atoms with van der Waals surface area (Å²) in [6.45, 7) is 4.95. The van der Waals surface area contributed by atoms with Gasteiger partial charge in [-0.25, -0.2) is 0 Å². The molecule has 2 atom stereocenters. The van der Waals surface area contributed by atoms with Crippen molar-refractivity contribution in [3.05, 3.63) is 52.6 Å². The van der Waals surface area contributed by atoms with E-state index in [-0.39, 0.29) is 29.5 Å². The van der Waals surface area contributed by atoms with Crippen molar-refractivity contribution < 1.29 is 24.5 Å². The number of nitrogens with two attached hydrogens (primary N) is 1. The van der Waals surface area contributed by atoms with Crippen LogP contribution in [-0.2, 0) is 17.6 Å². The van der Waals surface area contributed by atoms with Gasteiger partial charge in [0.2, 0.25) is 0 Å². The molecule has 1 fully saturated rings. The summed E-state index contributed by atoms with van der Waals surface area (Å²) in [5, 5.41) is 20.4. The number of rotatable bonds is 8. The van der Waals surface area contributed by atoms with Crippen LogP contribution in [0.25, 0.3) is 0 Å². The molecule has 0 aromatic heterocycles. The van der Waals surface area contributed by atoms with Crippen LogP contribution < -0.4 is 10.5 Å². The van der Waals surface area contributed by atoms with Crippen LogP contribution in [0.5, 0.6) is 17.2 Å². The van der Waals surface area contributed by atoms with Crippen LogP contribution >= 0.6 is 0 Å². The number of aryl methyl sites for hydroxylation is 1. The number of benzene rings is 2. The first-order chi connectivity index (χ1) is 16.4. The molecule has 4 N–H and O–H groups in total. The molecule has 2 aliphatic heterocycles. The van der Waals surface area contributed by atoms with Crippen LogP contribution in [0.4, 0.5) is 0 Å². The van der Waals surface area contributed by atoms with E-state index in [1.54, 1.807) is 14.0 Å². The van der Waals surface area contributed by atoms with E-state index in [9.17, 15) is 15.0 Å². The molecule has 0 radical (unpaired) electrons. The zero-order valence-corrected chi connectivity index (χ0v) is 20.1. The van der Waals surface area contributed by atoms with Gasteiger partial charge < -0.3 is 30.3 Å². The summed E-state index contributed by atoms with van der Waals surface area (Å²) in [7, 11) is 1.65. The lowest BCUT2D eigenvalue weighted by atomic mass is 9.83. The Morgan fingerprint density at radius 1 is 1.21 bits per heavy atom. The molecule has 184 valence electrons. The number of ketones is 1. The quantitative estimate of drug-likeness (QED) is 0.402. The van der Waals surface area contributed by atoms with Crippen LogP contribution in [0.3, 0.4) is 0 Å². The second-order valence-corrected chi connectivity index (χ2v) is 9.47. The Morgan fingerprint density at radius 3 is 2.65 bits per heavy atom. The molecule has 0 saturated carbocycles. The minimum atomic E-state index is -0.248. The molecule has 2 aromatic carbocycles. The monoisotopic (exact) mass is 468 g/mol. The fourth-order valence-corrected chi connectivity index (χ4v) is 5.36. The molecule has 2 aromatic rings. The van der Waals surface area contributed by atoms with Crippen molar-refractivity contribution in [3.63, 3.8) is 0 Å². The standard InChI is InChI=1S/C27H36N2O5/c1-17(30)20-6-5-18(24(14-20)33-2)4-3-11-29-12-9-19(10-13-29)25-15-22-21(26(16-28)34-25)7-8-23(31)27(22)32/h5-8,14,19,25-26,31-32H,3-4,9-13,15-16,28H2,1-2H3. The van der Waals surface area contributed by atoms with Gasteiger partial charge in [0.05, 0.1) is 19.3 Å². The molecular formula is C27H36N2O5. The summed E-state index contributed by atoms with van der Waals surface area (Å²) >= 11 is 0. The van der Waals surface area contributed by atoms with E-state index in [2.05, 4.69) is 4.90 Å². The van der Waals surface area contributed by atoms with Crippen molar-refractivity contribution in [2.75, 3.05) is 33.3 Å². The summed E-state index contributed by atoms with van der Waals surface area (Å²) in [5.41, 5.74) is 9.44. The first kappa shape index (κ1) is 24.5. The SMILES string of the molecule is COc1cc(C(C)=O)ccc1CCCN1CCC(C2Cc3c(ccc(O)c3O)C(CN)O2)CC1. The number of hydrogen-bond acceptors (Lipinski definition) is 7. The van der Waals surface area contributed by atoms with Gasteiger partial charge in [-0.1, -0.05) is 18.2 Å². The predicted molar refractivity (Wildman–Crippen MR) is 131 cm³/mol. The normalized spacial score (nSPS) is 21.3. The highest BCUT2D eigenvalue weighted by Gasteiger charge is 2.35. The van der Waals surface area contributed by atoms with Crippen molar-refractivity contribution in [1.82, 2.24) is 4.90 Å². The highest BCUT2D eigenvalue weighted by Crippen LogP contribution is 2.42. The Bertz CT molecular complexity index is 1020. The smallest absolute Gasteiger partial charge is 0.161 e. The molecule has 1 saturated heterocycles. The Labute approximate surface area is 201 Å². The van der Waals surface area contributed by atoms with Crippen LogP contribution in [0.15, 0.2) is 30.3 Å². The summed E-state index contributed by atoms with van der Waals surface area (Å²) in [6, 6.07) is 9.02. The predicted octanol–water partition coefficient (Wildman–Crippen LogP) is 3.59. The van der Waals surface area contributed by atoms with Crippen LogP contribution in [0, 0.1) is 5.92 Å². The largest absolute Gasteiger partial charge is 0.504 e. The number of ether oxygens (including phenoxy) is 2. The third kappa shape index (κ3) is 5.22. The molecule has 0 aliphatic carbocycles. The molecule has 2 heterocycles. The zero-order valence-electron chi connectivity index (χ0n) is 20.1. The fraction of sp³-hybridized carbons (Fsp3) is 0.519. The van der Waals surface area contributed by atoms with Gasteiger partial charge in [0.15, 0.2) is 17.3 Å². The minimum Gasteiger partial charge on any atom is -0.504 e. The lowest BCUT2D eigenvalue weighted by molar-refractivity contribution is -0.0647. The summed E-state index contributed by atoms with van der Waals surface area (Å²) in [5.74, 6) is 1.11. The maximum absolute atomic E-state index is 11.6. The van der Waals surface area contributed by atoms with Crippen LogP contribution in [0.1, 0.15) is 59.3 Å².